The van der Waals surface area contributed by atoms with Gasteiger partial charge < -0.3 is 10.2 Å². The molecule has 20 heavy (non-hydrogen) atoms. The van der Waals surface area contributed by atoms with Gasteiger partial charge in [-0.25, -0.2) is 9.97 Å². The molecule has 0 aliphatic rings. The van der Waals surface area contributed by atoms with Crippen molar-refractivity contribution < 1.29 is 0 Å². The first-order chi connectivity index (χ1) is 9.33. The minimum Gasteiger partial charge on any atom is -0.372 e. The van der Waals surface area contributed by atoms with Gasteiger partial charge in [0.05, 0.1) is 9.26 Å². The molecule has 0 aromatic carbocycles. The van der Waals surface area contributed by atoms with Crippen LogP contribution in [0.25, 0.3) is 0 Å². The molecule has 0 aliphatic heterocycles. The number of hydrogen-bond donors (Lipinski definition) is 1. The molecule has 1 rings (SSSR count). The molecule has 0 aliphatic carbocycles. The minimum atomic E-state index is 0.0367. The fraction of sp³-hybridized carbons (Fsp3) is 0.733. The lowest BCUT2D eigenvalue weighted by molar-refractivity contribution is 0.305. The summed E-state index contributed by atoms with van der Waals surface area (Å²) in [6.07, 6.45) is 0.899. The maximum atomic E-state index is 4.81. The summed E-state index contributed by atoms with van der Waals surface area (Å²) in [5.41, 5.74) is 1.17. The largest absolute Gasteiger partial charge is 0.372 e. The number of halogens is 1. The van der Waals surface area contributed by atoms with Crippen LogP contribution in [-0.2, 0) is 11.8 Å². The van der Waals surface area contributed by atoms with E-state index in [0.29, 0.717) is 0 Å². The topological polar surface area (TPSA) is 41.1 Å². The van der Waals surface area contributed by atoms with E-state index in [-0.39, 0.29) is 5.41 Å². The molecule has 0 fully saturated rings. The Balaban J connectivity index is 3.03. The molecule has 0 atom stereocenters. The van der Waals surface area contributed by atoms with E-state index in [9.17, 15) is 0 Å². The van der Waals surface area contributed by atoms with E-state index in [1.165, 1.54) is 0 Å². The summed E-state index contributed by atoms with van der Waals surface area (Å²) in [4.78, 5) is 11.9. The first-order valence-electron chi connectivity index (χ1n) is 7.30. The van der Waals surface area contributed by atoms with E-state index in [4.69, 9.17) is 4.98 Å². The van der Waals surface area contributed by atoms with E-state index in [0.717, 1.165) is 47.0 Å². The second-order valence-electron chi connectivity index (χ2n) is 5.93. The van der Waals surface area contributed by atoms with E-state index in [1.54, 1.807) is 0 Å². The van der Waals surface area contributed by atoms with Crippen molar-refractivity contribution in [3.8, 4) is 0 Å². The summed E-state index contributed by atoms with van der Waals surface area (Å²) in [5, 5.41) is 3.19. The SMILES string of the molecule is CCN(CC)CCc1nc(NC)c(I)c(C(C)(C)C)n1. The summed E-state index contributed by atoms with van der Waals surface area (Å²) in [7, 11) is 1.92. The molecule has 0 radical (unpaired) electrons. The molecule has 4 nitrogen and oxygen atoms in total. The van der Waals surface area contributed by atoms with Gasteiger partial charge in [-0.15, -0.1) is 0 Å². The third-order valence-corrected chi connectivity index (χ3v) is 4.41. The fourth-order valence-corrected chi connectivity index (χ4v) is 3.39. The first kappa shape index (κ1) is 17.6. The Hall–Kier alpha value is -0.430. The van der Waals surface area contributed by atoms with Crippen LogP contribution in [0.3, 0.4) is 0 Å². The van der Waals surface area contributed by atoms with Crippen molar-refractivity contribution in [3.05, 3.63) is 15.1 Å². The van der Waals surface area contributed by atoms with Gasteiger partial charge in [-0.2, -0.15) is 0 Å². The van der Waals surface area contributed by atoms with Crippen LogP contribution in [-0.4, -0.2) is 41.5 Å². The van der Waals surface area contributed by atoms with Crippen molar-refractivity contribution in [2.24, 2.45) is 0 Å². The maximum absolute atomic E-state index is 4.81. The Labute approximate surface area is 136 Å². The van der Waals surface area contributed by atoms with Gasteiger partial charge in [0, 0.05) is 25.4 Å². The Kier molecular flexibility index (Phi) is 6.64. The first-order valence-corrected chi connectivity index (χ1v) is 8.38. The van der Waals surface area contributed by atoms with Crippen molar-refractivity contribution in [1.82, 2.24) is 14.9 Å². The van der Waals surface area contributed by atoms with Crippen LogP contribution in [0.2, 0.25) is 0 Å². The van der Waals surface area contributed by atoms with Crippen LogP contribution in [0, 0.1) is 3.57 Å². The molecule has 0 saturated heterocycles. The molecule has 1 aromatic rings. The number of nitrogens with one attached hydrogen (secondary N) is 1. The van der Waals surface area contributed by atoms with Crippen LogP contribution >= 0.6 is 22.6 Å². The van der Waals surface area contributed by atoms with Crippen molar-refractivity contribution >= 4 is 28.4 Å². The van der Waals surface area contributed by atoms with Crippen molar-refractivity contribution in [3.63, 3.8) is 0 Å². The van der Waals surface area contributed by atoms with Crippen molar-refractivity contribution in [2.75, 3.05) is 32.0 Å². The van der Waals surface area contributed by atoms with Gasteiger partial charge in [-0.3, -0.25) is 0 Å². The Bertz CT molecular complexity index is 436. The lowest BCUT2D eigenvalue weighted by Gasteiger charge is -2.22. The molecule has 0 saturated carbocycles. The van der Waals surface area contributed by atoms with E-state index >= 15 is 0 Å². The quantitative estimate of drug-likeness (QED) is 0.757. The van der Waals surface area contributed by atoms with E-state index in [2.05, 4.69) is 72.4 Å². The Morgan fingerprint density at radius 2 is 1.75 bits per heavy atom. The summed E-state index contributed by atoms with van der Waals surface area (Å²) >= 11 is 2.34. The molecule has 0 amide bonds. The number of nitrogens with zero attached hydrogens (tertiary/aromatic N) is 3. The molecule has 0 spiro atoms. The zero-order valence-electron chi connectivity index (χ0n) is 13.5. The minimum absolute atomic E-state index is 0.0367. The number of aromatic nitrogens is 2. The van der Waals surface area contributed by atoms with Crippen LogP contribution in [0.15, 0.2) is 0 Å². The maximum Gasteiger partial charge on any atom is 0.143 e. The summed E-state index contributed by atoms with van der Waals surface area (Å²) in [6.45, 7) is 14.1. The van der Waals surface area contributed by atoms with Gasteiger partial charge in [0.15, 0.2) is 0 Å². The average Bonchev–Trinajstić information content (AvgIpc) is 2.39. The second-order valence-corrected chi connectivity index (χ2v) is 7.01. The Morgan fingerprint density at radius 1 is 1.15 bits per heavy atom. The second kappa shape index (κ2) is 7.54. The molecule has 1 heterocycles. The zero-order chi connectivity index (χ0) is 15.3. The molecular weight excluding hydrogens is 363 g/mol. The third-order valence-electron chi connectivity index (χ3n) is 3.39. The van der Waals surface area contributed by atoms with Crippen LogP contribution < -0.4 is 5.32 Å². The van der Waals surface area contributed by atoms with Crippen LogP contribution in [0.1, 0.15) is 46.1 Å². The van der Waals surface area contributed by atoms with Gasteiger partial charge in [0.25, 0.3) is 0 Å². The molecule has 5 heteroatoms. The normalized spacial score (nSPS) is 12.0. The predicted octanol–water partition coefficient (Wildman–Crippen LogP) is 3.30. The van der Waals surface area contributed by atoms with Crippen LogP contribution in [0.5, 0.6) is 0 Å². The van der Waals surface area contributed by atoms with Crippen LogP contribution in [0.4, 0.5) is 5.82 Å². The predicted molar refractivity (Wildman–Crippen MR) is 94.5 cm³/mol. The highest BCUT2D eigenvalue weighted by molar-refractivity contribution is 14.1. The summed E-state index contributed by atoms with van der Waals surface area (Å²) in [5.74, 6) is 1.88. The van der Waals surface area contributed by atoms with Gasteiger partial charge in [-0.1, -0.05) is 34.6 Å². The monoisotopic (exact) mass is 390 g/mol. The van der Waals surface area contributed by atoms with Gasteiger partial charge in [0.2, 0.25) is 0 Å². The van der Waals surface area contributed by atoms with E-state index < -0.39 is 0 Å². The van der Waals surface area contributed by atoms with E-state index in [1.807, 2.05) is 7.05 Å². The molecular formula is C15H27IN4. The van der Waals surface area contributed by atoms with Gasteiger partial charge in [-0.05, 0) is 35.7 Å². The van der Waals surface area contributed by atoms with Gasteiger partial charge in [0.1, 0.15) is 11.6 Å². The summed E-state index contributed by atoms with van der Waals surface area (Å²) < 4.78 is 1.13. The lowest BCUT2D eigenvalue weighted by atomic mass is 9.92. The van der Waals surface area contributed by atoms with Crippen molar-refractivity contribution in [2.45, 2.75) is 46.5 Å². The molecule has 114 valence electrons. The highest BCUT2D eigenvalue weighted by atomic mass is 127. The van der Waals surface area contributed by atoms with Gasteiger partial charge >= 0.3 is 0 Å². The lowest BCUT2D eigenvalue weighted by Crippen LogP contribution is -2.27. The standard InChI is InChI=1S/C15H27IN4/c1-7-20(8-2)10-9-11-18-13(15(3,4)5)12(16)14(17-6)19-11/h7-10H2,1-6H3,(H,17,18,19). The average molecular weight is 390 g/mol. The smallest absolute Gasteiger partial charge is 0.143 e. The number of rotatable bonds is 6. The number of hydrogen-bond acceptors (Lipinski definition) is 4. The highest BCUT2D eigenvalue weighted by Gasteiger charge is 2.22. The summed E-state index contributed by atoms with van der Waals surface area (Å²) in [6, 6.07) is 0. The highest BCUT2D eigenvalue weighted by Crippen LogP contribution is 2.29. The molecule has 1 N–H and O–H groups in total. The molecule has 0 unspecified atom stereocenters. The molecule has 0 bridgehead atoms. The third kappa shape index (κ3) is 4.55. The molecule has 1 aromatic heterocycles. The van der Waals surface area contributed by atoms with Crippen molar-refractivity contribution in [1.29, 1.82) is 0 Å². The number of anilines is 1. The fourth-order valence-electron chi connectivity index (χ4n) is 2.07. The number of likely N-dealkylation sites (N-methyl/N-ethyl adjacent to an activating group) is 1. The Morgan fingerprint density at radius 3 is 2.20 bits per heavy atom. The zero-order valence-corrected chi connectivity index (χ0v) is 15.7.